The zero-order valence-corrected chi connectivity index (χ0v) is 9.63. The summed E-state index contributed by atoms with van der Waals surface area (Å²) in [5.41, 5.74) is 8.75. The van der Waals surface area contributed by atoms with E-state index in [1.54, 1.807) is 11.3 Å². The first-order valence-corrected chi connectivity index (χ1v) is 6.07. The molecule has 0 saturated heterocycles. The van der Waals surface area contributed by atoms with E-state index in [-0.39, 0.29) is 6.04 Å². The Kier molecular flexibility index (Phi) is 3.19. The van der Waals surface area contributed by atoms with Crippen molar-refractivity contribution in [2.24, 2.45) is 5.73 Å². The maximum atomic E-state index is 6.19. The number of rotatable bonds is 3. The summed E-state index contributed by atoms with van der Waals surface area (Å²) in [7, 11) is 0. The van der Waals surface area contributed by atoms with Gasteiger partial charge >= 0.3 is 0 Å². The van der Waals surface area contributed by atoms with E-state index >= 15 is 0 Å². The SMILES string of the molecule is CCc1cccc(C(N)c2cccs2)c1. The number of aryl methyl sites for hydroxylation is 1. The van der Waals surface area contributed by atoms with Gasteiger partial charge in [-0.1, -0.05) is 37.3 Å². The minimum Gasteiger partial charge on any atom is -0.320 e. The summed E-state index contributed by atoms with van der Waals surface area (Å²) in [6.07, 6.45) is 1.06. The highest BCUT2D eigenvalue weighted by atomic mass is 32.1. The first kappa shape index (κ1) is 10.4. The molecule has 0 amide bonds. The number of thiophene rings is 1. The van der Waals surface area contributed by atoms with E-state index in [2.05, 4.69) is 42.6 Å². The molecule has 0 fully saturated rings. The lowest BCUT2D eigenvalue weighted by molar-refractivity contribution is 0.888. The molecule has 0 saturated carbocycles. The summed E-state index contributed by atoms with van der Waals surface area (Å²) < 4.78 is 0. The van der Waals surface area contributed by atoms with Crippen LogP contribution in [-0.2, 0) is 6.42 Å². The summed E-state index contributed by atoms with van der Waals surface area (Å²) in [6, 6.07) is 12.7. The number of hydrogen-bond acceptors (Lipinski definition) is 2. The molecule has 1 unspecified atom stereocenters. The Labute approximate surface area is 94.6 Å². The Morgan fingerprint density at radius 1 is 1.27 bits per heavy atom. The predicted octanol–water partition coefficient (Wildman–Crippen LogP) is 3.36. The minimum atomic E-state index is 0.0245. The van der Waals surface area contributed by atoms with Gasteiger partial charge in [0.25, 0.3) is 0 Å². The maximum absolute atomic E-state index is 6.19. The van der Waals surface area contributed by atoms with Crippen LogP contribution in [0.3, 0.4) is 0 Å². The van der Waals surface area contributed by atoms with Crippen molar-refractivity contribution in [3.8, 4) is 0 Å². The second kappa shape index (κ2) is 4.60. The molecule has 1 heterocycles. The molecule has 1 aromatic heterocycles. The zero-order chi connectivity index (χ0) is 10.7. The second-order valence-electron chi connectivity index (χ2n) is 3.59. The lowest BCUT2D eigenvalue weighted by atomic mass is 10.0. The van der Waals surface area contributed by atoms with Crippen molar-refractivity contribution in [2.45, 2.75) is 19.4 Å². The fourth-order valence-corrected chi connectivity index (χ4v) is 2.39. The molecule has 1 atom stereocenters. The number of hydrogen-bond donors (Lipinski definition) is 1. The van der Waals surface area contributed by atoms with E-state index in [9.17, 15) is 0 Å². The van der Waals surface area contributed by atoms with Crippen molar-refractivity contribution in [3.63, 3.8) is 0 Å². The second-order valence-corrected chi connectivity index (χ2v) is 4.57. The van der Waals surface area contributed by atoms with Gasteiger partial charge in [-0.05, 0) is 29.0 Å². The third-order valence-electron chi connectivity index (χ3n) is 2.57. The molecule has 0 aliphatic carbocycles. The lowest BCUT2D eigenvalue weighted by Crippen LogP contribution is -2.10. The molecule has 2 aromatic rings. The topological polar surface area (TPSA) is 26.0 Å². The summed E-state index contributed by atoms with van der Waals surface area (Å²) >= 11 is 1.71. The van der Waals surface area contributed by atoms with Gasteiger partial charge in [0, 0.05) is 4.88 Å². The molecular formula is C13H15NS. The molecule has 0 bridgehead atoms. The van der Waals surface area contributed by atoms with E-state index in [0.717, 1.165) is 6.42 Å². The molecular weight excluding hydrogens is 202 g/mol. The monoisotopic (exact) mass is 217 g/mol. The van der Waals surface area contributed by atoms with Gasteiger partial charge in [-0.3, -0.25) is 0 Å². The van der Waals surface area contributed by atoms with E-state index < -0.39 is 0 Å². The van der Waals surface area contributed by atoms with Crippen LogP contribution in [0.4, 0.5) is 0 Å². The van der Waals surface area contributed by atoms with Crippen molar-refractivity contribution >= 4 is 11.3 Å². The van der Waals surface area contributed by atoms with Gasteiger partial charge in [0.15, 0.2) is 0 Å². The number of nitrogens with two attached hydrogens (primary N) is 1. The molecule has 0 aliphatic rings. The van der Waals surface area contributed by atoms with Gasteiger partial charge in [-0.25, -0.2) is 0 Å². The molecule has 0 aliphatic heterocycles. The van der Waals surface area contributed by atoms with Gasteiger partial charge < -0.3 is 5.73 Å². The predicted molar refractivity (Wildman–Crippen MR) is 66.2 cm³/mol. The molecule has 2 N–H and O–H groups in total. The van der Waals surface area contributed by atoms with Crippen molar-refractivity contribution in [2.75, 3.05) is 0 Å². The van der Waals surface area contributed by atoms with Crippen LogP contribution in [0.1, 0.15) is 29.0 Å². The standard InChI is InChI=1S/C13H15NS/c1-2-10-5-3-6-11(9-10)13(14)12-7-4-8-15-12/h3-9,13H,2,14H2,1H3. The van der Waals surface area contributed by atoms with Crippen LogP contribution >= 0.6 is 11.3 Å². The van der Waals surface area contributed by atoms with Crippen LogP contribution in [0.2, 0.25) is 0 Å². The third kappa shape index (κ3) is 2.28. The van der Waals surface area contributed by atoms with Gasteiger partial charge in [-0.2, -0.15) is 0 Å². The fourth-order valence-electron chi connectivity index (χ4n) is 1.64. The first-order valence-electron chi connectivity index (χ1n) is 5.19. The molecule has 0 spiro atoms. The highest BCUT2D eigenvalue weighted by Crippen LogP contribution is 2.24. The number of benzene rings is 1. The van der Waals surface area contributed by atoms with Crippen LogP contribution in [0.15, 0.2) is 41.8 Å². The minimum absolute atomic E-state index is 0.0245. The van der Waals surface area contributed by atoms with E-state index in [1.807, 2.05) is 6.07 Å². The largest absolute Gasteiger partial charge is 0.320 e. The maximum Gasteiger partial charge on any atom is 0.0646 e. The zero-order valence-electron chi connectivity index (χ0n) is 8.81. The van der Waals surface area contributed by atoms with E-state index in [4.69, 9.17) is 5.73 Å². The average Bonchev–Trinajstić information content (AvgIpc) is 2.81. The van der Waals surface area contributed by atoms with Crippen LogP contribution in [0, 0.1) is 0 Å². The fraction of sp³-hybridized carbons (Fsp3) is 0.231. The molecule has 0 radical (unpaired) electrons. The van der Waals surface area contributed by atoms with E-state index in [0.29, 0.717) is 0 Å². The Morgan fingerprint density at radius 2 is 2.13 bits per heavy atom. The van der Waals surface area contributed by atoms with Gasteiger partial charge in [0.1, 0.15) is 0 Å². The Bertz CT molecular complexity index is 420. The quantitative estimate of drug-likeness (QED) is 0.838. The molecule has 15 heavy (non-hydrogen) atoms. The molecule has 2 heteroatoms. The van der Waals surface area contributed by atoms with E-state index in [1.165, 1.54) is 16.0 Å². The highest BCUT2D eigenvalue weighted by molar-refractivity contribution is 7.10. The molecule has 78 valence electrons. The van der Waals surface area contributed by atoms with Crippen LogP contribution in [0.5, 0.6) is 0 Å². The summed E-state index contributed by atoms with van der Waals surface area (Å²) in [5, 5.41) is 2.07. The highest BCUT2D eigenvalue weighted by Gasteiger charge is 2.09. The Hall–Kier alpha value is -1.12. The van der Waals surface area contributed by atoms with Crippen LogP contribution in [0.25, 0.3) is 0 Å². The molecule has 1 nitrogen and oxygen atoms in total. The van der Waals surface area contributed by atoms with Crippen molar-refractivity contribution in [3.05, 3.63) is 57.8 Å². The lowest BCUT2D eigenvalue weighted by Gasteiger charge is -2.11. The van der Waals surface area contributed by atoms with Crippen LogP contribution < -0.4 is 5.73 Å². The van der Waals surface area contributed by atoms with Crippen molar-refractivity contribution < 1.29 is 0 Å². The average molecular weight is 217 g/mol. The Balaban J connectivity index is 2.29. The van der Waals surface area contributed by atoms with Crippen molar-refractivity contribution in [1.82, 2.24) is 0 Å². The van der Waals surface area contributed by atoms with Gasteiger partial charge in [-0.15, -0.1) is 11.3 Å². The van der Waals surface area contributed by atoms with Gasteiger partial charge in [0.2, 0.25) is 0 Å². The Morgan fingerprint density at radius 3 is 2.80 bits per heavy atom. The third-order valence-corrected chi connectivity index (χ3v) is 3.52. The first-order chi connectivity index (χ1) is 7.31. The van der Waals surface area contributed by atoms with Crippen LogP contribution in [-0.4, -0.2) is 0 Å². The summed E-state index contributed by atoms with van der Waals surface area (Å²) in [4.78, 5) is 1.23. The molecule has 2 rings (SSSR count). The summed E-state index contributed by atoms with van der Waals surface area (Å²) in [6.45, 7) is 2.16. The normalized spacial score (nSPS) is 12.7. The van der Waals surface area contributed by atoms with Gasteiger partial charge in [0.05, 0.1) is 6.04 Å². The summed E-state index contributed by atoms with van der Waals surface area (Å²) in [5.74, 6) is 0. The van der Waals surface area contributed by atoms with Crippen molar-refractivity contribution in [1.29, 1.82) is 0 Å². The smallest absolute Gasteiger partial charge is 0.0646 e. The molecule has 1 aromatic carbocycles.